The van der Waals surface area contributed by atoms with Crippen LogP contribution in [0.2, 0.25) is 0 Å². The molecule has 1 atom stereocenters. The largest absolute Gasteiger partial charge is 0.349 e. The molecule has 0 radical (unpaired) electrons. The first-order chi connectivity index (χ1) is 11.3. The molecule has 1 saturated carbocycles. The Morgan fingerprint density at radius 2 is 1.96 bits per heavy atom. The van der Waals surface area contributed by atoms with Crippen molar-refractivity contribution in [3.05, 3.63) is 35.4 Å². The van der Waals surface area contributed by atoms with Crippen LogP contribution in [0.5, 0.6) is 0 Å². The van der Waals surface area contributed by atoms with Crippen LogP contribution in [0.25, 0.3) is 0 Å². The number of benzene rings is 1. The molecule has 2 rings (SSSR count). The highest BCUT2D eigenvalue weighted by atomic mass is 19.1. The van der Waals surface area contributed by atoms with Gasteiger partial charge >= 0.3 is 0 Å². The predicted octanol–water partition coefficient (Wildman–Crippen LogP) is 1.92. The Balaban J connectivity index is 2.13. The summed E-state index contributed by atoms with van der Waals surface area (Å²) in [5.74, 6) is -2.22. The Kier molecular flexibility index (Phi) is 5.88. The van der Waals surface area contributed by atoms with Gasteiger partial charge in [0.2, 0.25) is 11.8 Å². The fourth-order valence-corrected chi connectivity index (χ4v) is 3.23. The van der Waals surface area contributed by atoms with Crippen molar-refractivity contribution >= 4 is 11.8 Å². The zero-order chi connectivity index (χ0) is 17.7. The van der Waals surface area contributed by atoms with E-state index in [-0.39, 0.29) is 17.9 Å². The third kappa shape index (κ3) is 4.50. The second kappa shape index (κ2) is 7.70. The van der Waals surface area contributed by atoms with E-state index in [4.69, 9.17) is 5.73 Å². The molecule has 2 amide bonds. The van der Waals surface area contributed by atoms with Gasteiger partial charge in [0, 0.05) is 25.1 Å². The summed E-state index contributed by atoms with van der Waals surface area (Å²) in [6, 6.07) is 2.22. The molecule has 0 saturated heterocycles. The summed E-state index contributed by atoms with van der Waals surface area (Å²) in [5.41, 5.74) is 5.46. The van der Waals surface area contributed by atoms with Gasteiger partial charge in [0.05, 0.1) is 18.0 Å². The first-order valence-electron chi connectivity index (χ1n) is 8.08. The lowest BCUT2D eigenvalue weighted by atomic mass is 9.96. The highest BCUT2D eigenvalue weighted by Crippen LogP contribution is 2.29. The second-order valence-electron chi connectivity index (χ2n) is 6.36. The van der Waals surface area contributed by atoms with Crippen LogP contribution in [-0.2, 0) is 9.59 Å². The van der Waals surface area contributed by atoms with Crippen LogP contribution in [0, 0.1) is 11.6 Å². The SMILES string of the molecule is CC(=O)NC(CC(=O)NC1(CN)CCCC1)c1ccc(F)cc1F. The molecule has 7 heteroatoms. The average molecular weight is 339 g/mol. The molecule has 0 aromatic heterocycles. The molecule has 0 heterocycles. The molecule has 0 spiro atoms. The van der Waals surface area contributed by atoms with Gasteiger partial charge in [-0.15, -0.1) is 0 Å². The van der Waals surface area contributed by atoms with E-state index in [2.05, 4.69) is 10.6 Å². The molecule has 1 unspecified atom stereocenters. The van der Waals surface area contributed by atoms with E-state index in [1.807, 2.05) is 0 Å². The van der Waals surface area contributed by atoms with Crippen molar-refractivity contribution < 1.29 is 18.4 Å². The van der Waals surface area contributed by atoms with E-state index >= 15 is 0 Å². The Morgan fingerprint density at radius 3 is 2.50 bits per heavy atom. The third-order valence-electron chi connectivity index (χ3n) is 4.46. The van der Waals surface area contributed by atoms with Crippen LogP contribution >= 0.6 is 0 Å². The molecule has 1 aromatic carbocycles. The lowest BCUT2D eigenvalue weighted by Gasteiger charge is -2.30. The summed E-state index contributed by atoms with van der Waals surface area (Å²) in [7, 11) is 0. The summed E-state index contributed by atoms with van der Waals surface area (Å²) < 4.78 is 27.1. The van der Waals surface area contributed by atoms with Crippen LogP contribution in [0.4, 0.5) is 8.78 Å². The molecule has 1 aliphatic carbocycles. The summed E-state index contributed by atoms with van der Waals surface area (Å²) in [5, 5.41) is 5.48. The van der Waals surface area contributed by atoms with Crippen LogP contribution in [0.15, 0.2) is 18.2 Å². The molecule has 1 aromatic rings. The smallest absolute Gasteiger partial charge is 0.222 e. The minimum absolute atomic E-state index is 0.0787. The number of amides is 2. The number of carbonyl (C=O) groups is 2. The Labute approximate surface area is 140 Å². The van der Waals surface area contributed by atoms with Crippen molar-refractivity contribution in [3.63, 3.8) is 0 Å². The van der Waals surface area contributed by atoms with Gasteiger partial charge in [0.1, 0.15) is 11.6 Å². The fourth-order valence-electron chi connectivity index (χ4n) is 3.23. The van der Waals surface area contributed by atoms with E-state index < -0.39 is 29.1 Å². The van der Waals surface area contributed by atoms with Crippen molar-refractivity contribution in [1.29, 1.82) is 0 Å². The summed E-state index contributed by atoms with van der Waals surface area (Å²) in [6.07, 6.45) is 3.48. The third-order valence-corrected chi connectivity index (χ3v) is 4.46. The van der Waals surface area contributed by atoms with Crippen molar-refractivity contribution in [1.82, 2.24) is 10.6 Å². The number of nitrogens with one attached hydrogen (secondary N) is 2. The molecule has 1 aliphatic rings. The molecular formula is C17H23F2N3O2. The minimum atomic E-state index is -0.862. The van der Waals surface area contributed by atoms with Gasteiger partial charge in [0.15, 0.2) is 0 Å². The molecule has 0 bridgehead atoms. The van der Waals surface area contributed by atoms with Crippen LogP contribution in [0.3, 0.4) is 0 Å². The Morgan fingerprint density at radius 1 is 1.29 bits per heavy atom. The lowest BCUT2D eigenvalue weighted by molar-refractivity contribution is -0.124. The van der Waals surface area contributed by atoms with Crippen molar-refractivity contribution in [2.45, 2.75) is 50.6 Å². The normalized spacial score (nSPS) is 17.3. The Bertz CT molecular complexity index is 616. The zero-order valence-electron chi connectivity index (χ0n) is 13.7. The zero-order valence-corrected chi connectivity index (χ0v) is 13.7. The number of carbonyl (C=O) groups excluding carboxylic acids is 2. The first kappa shape index (κ1) is 18.3. The molecule has 132 valence electrons. The quantitative estimate of drug-likeness (QED) is 0.740. The highest BCUT2D eigenvalue weighted by Gasteiger charge is 2.34. The number of hydrogen-bond acceptors (Lipinski definition) is 3. The van der Waals surface area contributed by atoms with Gasteiger partial charge in [-0.05, 0) is 18.9 Å². The van der Waals surface area contributed by atoms with Crippen LogP contribution in [-0.4, -0.2) is 23.9 Å². The molecule has 24 heavy (non-hydrogen) atoms. The molecule has 5 nitrogen and oxygen atoms in total. The van der Waals surface area contributed by atoms with Crippen molar-refractivity contribution in [2.75, 3.05) is 6.54 Å². The topological polar surface area (TPSA) is 84.2 Å². The number of rotatable bonds is 6. The minimum Gasteiger partial charge on any atom is -0.349 e. The fraction of sp³-hybridized carbons (Fsp3) is 0.529. The van der Waals surface area contributed by atoms with Crippen LogP contribution in [0.1, 0.15) is 50.6 Å². The van der Waals surface area contributed by atoms with Gasteiger partial charge < -0.3 is 16.4 Å². The maximum absolute atomic E-state index is 14.0. The maximum atomic E-state index is 14.0. The van der Waals surface area contributed by atoms with Gasteiger partial charge in [-0.1, -0.05) is 18.9 Å². The van der Waals surface area contributed by atoms with Gasteiger partial charge in [-0.3, -0.25) is 9.59 Å². The van der Waals surface area contributed by atoms with E-state index in [1.54, 1.807) is 0 Å². The molecule has 1 fully saturated rings. The summed E-state index contributed by atoms with van der Waals surface area (Å²) in [6.45, 7) is 1.62. The number of hydrogen-bond donors (Lipinski definition) is 3. The number of nitrogens with two attached hydrogens (primary N) is 1. The summed E-state index contributed by atoms with van der Waals surface area (Å²) >= 11 is 0. The van der Waals surface area contributed by atoms with E-state index in [9.17, 15) is 18.4 Å². The van der Waals surface area contributed by atoms with Gasteiger partial charge in [-0.25, -0.2) is 8.78 Å². The standard InChI is InChI=1S/C17H23F2N3O2/c1-11(23)21-15(13-5-4-12(18)8-14(13)19)9-16(24)22-17(10-20)6-2-3-7-17/h4-5,8,15H,2-3,6-7,9-10,20H2,1H3,(H,21,23)(H,22,24). The molecule has 0 aliphatic heterocycles. The van der Waals surface area contributed by atoms with Gasteiger partial charge in [-0.2, -0.15) is 0 Å². The first-order valence-corrected chi connectivity index (χ1v) is 8.08. The Hall–Kier alpha value is -2.02. The molecule has 4 N–H and O–H groups in total. The number of halogens is 2. The van der Waals surface area contributed by atoms with Gasteiger partial charge in [0.25, 0.3) is 0 Å². The maximum Gasteiger partial charge on any atom is 0.222 e. The van der Waals surface area contributed by atoms with E-state index in [0.29, 0.717) is 6.54 Å². The lowest BCUT2D eigenvalue weighted by Crippen LogP contribution is -2.52. The predicted molar refractivity (Wildman–Crippen MR) is 85.9 cm³/mol. The monoisotopic (exact) mass is 339 g/mol. The molecular weight excluding hydrogens is 316 g/mol. The van der Waals surface area contributed by atoms with Crippen molar-refractivity contribution in [3.8, 4) is 0 Å². The highest BCUT2D eigenvalue weighted by molar-refractivity contribution is 5.79. The average Bonchev–Trinajstić information content (AvgIpc) is 2.95. The van der Waals surface area contributed by atoms with Crippen molar-refractivity contribution in [2.24, 2.45) is 5.73 Å². The second-order valence-corrected chi connectivity index (χ2v) is 6.36. The van der Waals surface area contributed by atoms with E-state index in [0.717, 1.165) is 37.8 Å². The summed E-state index contributed by atoms with van der Waals surface area (Å²) in [4.78, 5) is 23.8. The van der Waals surface area contributed by atoms with E-state index in [1.165, 1.54) is 13.0 Å². The van der Waals surface area contributed by atoms with Crippen LogP contribution < -0.4 is 16.4 Å².